The van der Waals surface area contributed by atoms with E-state index in [-0.39, 0.29) is 11.7 Å². The quantitative estimate of drug-likeness (QED) is 0.640. The summed E-state index contributed by atoms with van der Waals surface area (Å²) in [4.78, 5) is 8.87. The van der Waals surface area contributed by atoms with Crippen LogP contribution in [0.15, 0.2) is 34.8 Å². The summed E-state index contributed by atoms with van der Waals surface area (Å²) in [6, 6.07) is 8.55. The van der Waals surface area contributed by atoms with Crippen LogP contribution in [0.1, 0.15) is 11.5 Å². The molecule has 0 fully saturated rings. The van der Waals surface area contributed by atoms with Crippen LogP contribution in [0.3, 0.4) is 0 Å². The number of benzene rings is 1. The number of alkyl halides is 1. The average molecular weight is 355 g/mol. The van der Waals surface area contributed by atoms with Gasteiger partial charge in [-0.05, 0) is 47.1 Å². The van der Waals surface area contributed by atoms with Crippen molar-refractivity contribution >= 4 is 38.7 Å². The van der Waals surface area contributed by atoms with Crippen molar-refractivity contribution in [1.29, 1.82) is 0 Å². The van der Waals surface area contributed by atoms with Crippen LogP contribution in [0.25, 0.3) is 16.9 Å². The maximum absolute atomic E-state index is 14.2. The van der Waals surface area contributed by atoms with Gasteiger partial charge in [0.15, 0.2) is 5.65 Å². The van der Waals surface area contributed by atoms with E-state index >= 15 is 0 Å². The number of pyridine rings is 1. The first-order chi connectivity index (χ1) is 9.61. The minimum atomic E-state index is -0.353. The molecule has 1 aromatic carbocycles. The molecule has 0 atom stereocenters. The molecule has 0 unspecified atom stereocenters. The molecule has 0 radical (unpaired) electrons. The number of imidazole rings is 1. The maximum atomic E-state index is 14.2. The summed E-state index contributed by atoms with van der Waals surface area (Å²) >= 11 is 9.33. The summed E-state index contributed by atoms with van der Waals surface area (Å²) in [5.74, 6) is 0.384. The van der Waals surface area contributed by atoms with Crippen LogP contribution in [-0.2, 0) is 5.88 Å². The number of hydrogen-bond donors (Lipinski definition) is 0. The first-order valence-electron chi connectivity index (χ1n) is 5.97. The van der Waals surface area contributed by atoms with E-state index in [9.17, 15) is 4.39 Å². The van der Waals surface area contributed by atoms with E-state index in [0.29, 0.717) is 27.1 Å². The Kier molecular flexibility index (Phi) is 3.48. The third kappa shape index (κ3) is 2.11. The number of rotatable bonds is 2. The molecule has 0 spiro atoms. The molecule has 20 heavy (non-hydrogen) atoms. The first kappa shape index (κ1) is 13.5. The van der Waals surface area contributed by atoms with E-state index in [0.717, 1.165) is 5.69 Å². The zero-order valence-electron chi connectivity index (χ0n) is 10.6. The molecule has 6 heteroatoms. The molecular weight excluding hydrogens is 345 g/mol. The standard InChI is InChI=1S/C14H10BrClFN3/c1-8-5-6-11-14(18-8)20(12(7-16)19-11)13-9(15)3-2-4-10(13)17/h2-6H,7H2,1H3. The Morgan fingerprint density at radius 2 is 2.05 bits per heavy atom. The summed E-state index contributed by atoms with van der Waals surface area (Å²) in [6.07, 6.45) is 0. The number of nitrogens with zero attached hydrogens (tertiary/aromatic N) is 3. The lowest BCUT2D eigenvalue weighted by molar-refractivity contribution is 0.616. The van der Waals surface area contributed by atoms with Gasteiger partial charge < -0.3 is 0 Å². The number of hydrogen-bond acceptors (Lipinski definition) is 2. The van der Waals surface area contributed by atoms with Gasteiger partial charge in [0.25, 0.3) is 0 Å². The number of aromatic nitrogens is 3. The van der Waals surface area contributed by atoms with Crippen LogP contribution in [0.5, 0.6) is 0 Å². The maximum Gasteiger partial charge on any atom is 0.165 e. The number of halogens is 3. The molecule has 3 nitrogen and oxygen atoms in total. The third-order valence-corrected chi connectivity index (χ3v) is 3.87. The molecule has 2 heterocycles. The fourth-order valence-electron chi connectivity index (χ4n) is 2.13. The molecule has 102 valence electrons. The minimum Gasteiger partial charge on any atom is -0.276 e. The largest absolute Gasteiger partial charge is 0.276 e. The van der Waals surface area contributed by atoms with E-state index in [2.05, 4.69) is 25.9 Å². The van der Waals surface area contributed by atoms with Crippen LogP contribution in [0.4, 0.5) is 4.39 Å². The Labute approximate surface area is 128 Å². The van der Waals surface area contributed by atoms with Crippen molar-refractivity contribution in [2.24, 2.45) is 0 Å². The molecule has 0 aliphatic rings. The van der Waals surface area contributed by atoms with Crippen molar-refractivity contribution in [2.75, 3.05) is 0 Å². The molecule has 0 saturated heterocycles. The number of para-hydroxylation sites is 1. The van der Waals surface area contributed by atoms with Gasteiger partial charge in [0.05, 0.1) is 11.6 Å². The zero-order valence-corrected chi connectivity index (χ0v) is 12.9. The molecule has 0 N–H and O–H groups in total. The molecule has 3 aromatic rings. The van der Waals surface area contributed by atoms with Gasteiger partial charge in [0, 0.05) is 10.2 Å². The van der Waals surface area contributed by atoms with Gasteiger partial charge in [-0.1, -0.05) is 6.07 Å². The lowest BCUT2D eigenvalue weighted by Gasteiger charge is -2.10. The third-order valence-electron chi connectivity index (χ3n) is 2.99. The van der Waals surface area contributed by atoms with Crippen LogP contribution >= 0.6 is 27.5 Å². The fraction of sp³-hybridized carbons (Fsp3) is 0.143. The van der Waals surface area contributed by atoms with Gasteiger partial charge in [-0.3, -0.25) is 4.57 Å². The minimum absolute atomic E-state index is 0.177. The Morgan fingerprint density at radius 3 is 2.75 bits per heavy atom. The lowest BCUT2D eigenvalue weighted by atomic mass is 10.3. The van der Waals surface area contributed by atoms with E-state index in [1.165, 1.54) is 6.07 Å². The molecule has 0 aliphatic heterocycles. The van der Waals surface area contributed by atoms with Crippen molar-refractivity contribution in [2.45, 2.75) is 12.8 Å². The van der Waals surface area contributed by atoms with Crippen LogP contribution in [0, 0.1) is 12.7 Å². The summed E-state index contributed by atoms with van der Waals surface area (Å²) in [5, 5.41) is 0. The summed E-state index contributed by atoms with van der Waals surface area (Å²) < 4.78 is 16.5. The zero-order chi connectivity index (χ0) is 14.3. The smallest absolute Gasteiger partial charge is 0.165 e. The summed E-state index contributed by atoms with van der Waals surface area (Å²) in [5.41, 5.74) is 2.52. The normalized spacial score (nSPS) is 11.2. The van der Waals surface area contributed by atoms with Crippen molar-refractivity contribution in [3.63, 3.8) is 0 Å². The number of fused-ring (bicyclic) bond motifs is 1. The van der Waals surface area contributed by atoms with E-state index in [1.54, 1.807) is 16.7 Å². The monoisotopic (exact) mass is 353 g/mol. The van der Waals surface area contributed by atoms with Crippen molar-refractivity contribution in [3.8, 4) is 5.69 Å². The summed E-state index contributed by atoms with van der Waals surface area (Å²) in [6.45, 7) is 1.88. The Balaban J connectivity index is 2.42. The van der Waals surface area contributed by atoms with Gasteiger partial charge in [0.1, 0.15) is 17.2 Å². The van der Waals surface area contributed by atoms with Crippen molar-refractivity contribution < 1.29 is 4.39 Å². The van der Waals surface area contributed by atoms with E-state index < -0.39 is 0 Å². The highest BCUT2D eigenvalue weighted by molar-refractivity contribution is 9.10. The van der Waals surface area contributed by atoms with E-state index in [1.807, 2.05) is 19.1 Å². The van der Waals surface area contributed by atoms with Crippen LogP contribution in [0.2, 0.25) is 0 Å². The van der Waals surface area contributed by atoms with Gasteiger partial charge in [-0.15, -0.1) is 11.6 Å². The Bertz CT molecular complexity index is 780. The lowest BCUT2D eigenvalue weighted by Crippen LogP contribution is -2.04. The van der Waals surface area contributed by atoms with Crippen LogP contribution < -0.4 is 0 Å². The second-order valence-electron chi connectivity index (χ2n) is 4.36. The van der Waals surface area contributed by atoms with Crippen molar-refractivity contribution in [1.82, 2.24) is 14.5 Å². The molecule has 2 aromatic heterocycles. The van der Waals surface area contributed by atoms with Gasteiger partial charge in [-0.2, -0.15) is 0 Å². The second-order valence-corrected chi connectivity index (χ2v) is 5.48. The summed E-state index contributed by atoms with van der Waals surface area (Å²) in [7, 11) is 0. The Morgan fingerprint density at radius 1 is 1.25 bits per heavy atom. The van der Waals surface area contributed by atoms with Gasteiger partial charge in [-0.25, -0.2) is 14.4 Å². The number of aryl methyl sites for hydroxylation is 1. The molecule has 3 rings (SSSR count). The average Bonchev–Trinajstić information content (AvgIpc) is 2.77. The second kappa shape index (κ2) is 5.14. The predicted octanol–water partition coefficient (Wildman–Crippen LogP) is 4.37. The Hall–Kier alpha value is -1.46. The molecule has 0 amide bonds. The molecular formula is C14H10BrClFN3. The van der Waals surface area contributed by atoms with E-state index in [4.69, 9.17) is 11.6 Å². The molecule has 0 bridgehead atoms. The molecule has 0 aliphatic carbocycles. The molecule has 0 saturated carbocycles. The van der Waals surface area contributed by atoms with Gasteiger partial charge >= 0.3 is 0 Å². The van der Waals surface area contributed by atoms with Crippen molar-refractivity contribution in [3.05, 3.63) is 52.1 Å². The SMILES string of the molecule is Cc1ccc2nc(CCl)n(-c3c(F)cccc3Br)c2n1. The first-order valence-corrected chi connectivity index (χ1v) is 7.30. The topological polar surface area (TPSA) is 30.7 Å². The fourth-order valence-corrected chi connectivity index (χ4v) is 2.82. The predicted molar refractivity (Wildman–Crippen MR) is 80.8 cm³/mol. The highest BCUT2D eigenvalue weighted by Gasteiger charge is 2.18. The van der Waals surface area contributed by atoms with Crippen LogP contribution in [-0.4, -0.2) is 14.5 Å². The highest BCUT2D eigenvalue weighted by Crippen LogP contribution is 2.29. The van der Waals surface area contributed by atoms with Gasteiger partial charge in [0.2, 0.25) is 0 Å². The highest BCUT2D eigenvalue weighted by atomic mass is 79.9.